The molecular formula is C21H17ClN2O2. The fourth-order valence-electron chi connectivity index (χ4n) is 3.55. The Morgan fingerprint density at radius 3 is 2.58 bits per heavy atom. The number of hydrogen-bond acceptors (Lipinski definition) is 2. The minimum atomic E-state index is -0.521. The molecule has 0 aliphatic heterocycles. The zero-order chi connectivity index (χ0) is 18.4. The van der Waals surface area contributed by atoms with Gasteiger partial charge in [0, 0.05) is 22.5 Å². The number of halogens is 1. The largest absolute Gasteiger partial charge is 0.507 e. The van der Waals surface area contributed by atoms with Gasteiger partial charge in [0.25, 0.3) is 0 Å². The molecule has 0 spiro atoms. The Morgan fingerprint density at radius 1 is 1.08 bits per heavy atom. The van der Waals surface area contributed by atoms with Gasteiger partial charge in [0.1, 0.15) is 5.75 Å². The van der Waals surface area contributed by atoms with Crippen molar-refractivity contribution in [2.24, 2.45) is 5.73 Å². The Labute approximate surface area is 155 Å². The van der Waals surface area contributed by atoms with Crippen LogP contribution >= 0.6 is 11.6 Å². The molecule has 4 nitrogen and oxygen atoms in total. The van der Waals surface area contributed by atoms with E-state index in [-0.39, 0.29) is 5.75 Å². The molecule has 0 aliphatic rings. The Kier molecular flexibility index (Phi) is 3.85. The maximum absolute atomic E-state index is 12.0. The van der Waals surface area contributed by atoms with Crippen molar-refractivity contribution in [2.45, 2.75) is 13.5 Å². The summed E-state index contributed by atoms with van der Waals surface area (Å²) < 4.78 is 2.06. The molecule has 0 unspecified atom stereocenters. The molecule has 1 aromatic heterocycles. The summed E-state index contributed by atoms with van der Waals surface area (Å²) in [7, 11) is 0. The molecule has 3 N–H and O–H groups in total. The minimum absolute atomic E-state index is 0.136. The van der Waals surface area contributed by atoms with Gasteiger partial charge in [-0.25, -0.2) is 0 Å². The summed E-state index contributed by atoms with van der Waals surface area (Å²) in [6.07, 6.45) is 0. The number of phenolic OH excluding ortho intramolecular Hbond substituents is 1. The van der Waals surface area contributed by atoms with Crippen molar-refractivity contribution in [3.05, 3.63) is 76.3 Å². The van der Waals surface area contributed by atoms with Crippen LogP contribution in [0.1, 0.15) is 21.5 Å². The zero-order valence-electron chi connectivity index (χ0n) is 14.2. The van der Waals surface area contributed by atoms with Gasteiger partial charge in [-0.2, -0.15) is 0 Å². The topological polar surface area (TPSA) is 68.2 Å². The number of nitrogens with two attached hydrogens (primary N) is 1. The number of nitrogens with zero attached hydrogens (tertiary/aromatic N) is 1. The molecule has 0 radical (unpaired) electrons. The Balaban J connectivity index is 2.13. The second-order valence-corrected chi connectivity index (χ2v) is 6.83. The second-order valence-electron chi connectivity index (χ2n) is 6.42. The summed E-state index contributed by atoms with van der Waals surface area (Å²) in [5.41, 5.74) is 9.54. The van der Waals surface area contributed by atoms with Crippen LogP contribution in [0.4, 0.5) is 0 Å². The number of benzene rings is 3. The van der Waals surface area contributed by atoms with E-state index in [4.69, 9.17) is 17.3 Å². The molecule has 0 bridgehead atoms. The van der Waals surface area contributed by atoms with Crippen LogP contribution in [-0.2, 0) is 6.54 Å². The van der Waals surface area contributed by atoms with Crippen LogP contribution in [0.3, 0.4) is 0 Å². The lowest BCUT2D eigenvalue weighted by molar-refractivity contribution is 0.100. The number of amides is 1. The molecule has 1 heterocycles. The molecule has 130 valence electrons. The fourth-order valence-corrected chi connectivity index (χ4v) is 3.74. The normalized spacial score (nSPS) is 11.3. The lowest BCUT2D eigenvalue weighted by Gasteiger charge is -2.10. The first-order chi connectivity index (χ1) is 12.5. The average molecular weight is 365 g/mol. The third-order valence-electron chi connectivity index (χ3n) is 4.67. The molecule has 0 saturated heterocycles. The molecule has 5 heteroatoms. The maximum Gasteiger partial charge on any atom is 0.249 e. The van der Waals surface area contributed by atoms with E-state index >= 15 is 0 Å². The first kappa shape index (κ1) is 16.5. The van der Waals surface area contributed by atoms with Gasteiger partial charge in [-0.3, -0.25) is 4.79 Å². The molecule has 0 atom stereocenters. The third-order valence-corrected chi connectivity index (χ3v) is 5.04. The van der Waals surface area contributed by atoms with Gasteiger partial charge in [0.2, 0.25) is 5.91 Å². The zero-order valence-corrected chi connectivity index (χ0v) is 14.9. The number of hydrogen-bond donors (Lipinski definition) is 2. The lowest BCUT2D eigenvalue weighted by atomic mass is 10.0. The Morgan fingerprint density at radius 2 is 1.85 bits per heavy atom. The smallest absolute Gasteiger partial charge is 0.249 e. The first-order valence-electron chi connectivity index (χ1n) is 8.25. The number of phenols is 1. The third kappa shape index (κ3) is 2.50. The number of carbonyl (C=O) groups excluding carboxylic acids is 1. The number of rotatable bonds is 3. The van der Waals surface area contributed by atoms with Gasteiger partial charge in [0.15, 0.2) is 0 Å². The lowest BCUT2D eigenvalue weighted by Crippen LogP contribution is -2.11. The summed E-state index contributed by atoms with van der Waals surface area (Å²) in [5.74, 6) is -0.385. The highest BCUT2D eigenvalue weighted by Gasteiger charge is 2.19. The quantitative estimate of drug-likeness (QED) is 0.557. The number of aromatic hydroxyl groups is 1. The van der Waals surface area contributed by atoms with E-state index in [1.54, 1.807) is 18.2 Å². The van der Waals surface area contributed by atoms with Crippen molar-refractivity contribution in [3.8, 4) is 5.75 Å². The highest BCUT2D eigenvalue weighted by molar-refractivity contribution is 6.31. The van der Waals surface area contributed by atoms with Crippen LogP contribution in [0.25, 0.3) is 21.8 Å². The maximum atomic E-state index is 12.0. The second kappa shape index (κ2) is 6.07. The molecule has 4 rings (SSSR count). The van der Waals surface area contributed by atoms with E-state index in [0.29, 0.717) is 27.9 Å². The van der Waals surface area contributed by atoms with Crippen LogP contribution in [-0.4, -0.2) is 15.6 Å². The number of aromatic nitrogens is 1. The van der Waals surface area contributed by atoms with E-state index < -0.39 is 5.91 Å². The van der Waals surface area contributed by atoms with Gasteiger partial charge in [0.05, 0.1) is 16.4 Å². The predicted molar refractivity (Wildman–Crippen MR) is 105 cm³/mol. The molecule has 0 aliphatic carbocycles. The van der Waals surface area contributed by atoms with E-state index in [1.807, 2.05) is 43.3 Å². The van der Waals surface area contributed by atoms with Gasteiger partial charge in [-0.15, -0.1) is 0 Å². The average Bonchev–Trinajstić information content (AvgIpc) is 2.90. The fraction of sp³-hybridized carbons (Fsp3) is 0.0952. The summed E-state index contributed by atoms with van der Waals surface area (Å²) in [5, 5.41) is 12.6. The summed E-state index contributed by atoms with van der Waals surface area (Å²) in [6.45, 7) is 2.44. The number of aryl methyl sites for hydroxylation is 1. The number of primary amides is 1. The molecular weight excluding hydrogens is 348 g/mol. The SMILES string of the molecule is Cc1cc(O)c2c3c(C(N)=O)cccc3n(Cc3ccccc3Cl)c2c1. The van der Waals surface area contributed by atoms with Crippen LogP contribution < -0.4 is 5.73 Å². The first-order valence-corrected chi connectivity index (χ1v) is 8.63. The molecule has 4 aromatic rings. The van der Waals surface area contributed by atoms with E-state index in [9.17, 15) is 9.90 Å². The monoisotopic (exact) mass is 364 g/mol. The van der Waals surface area contributed by atoms with E-state index in [1.165, 1.54) is 0 Å². The van der Waals surface area contributed by atoms with Crippen molar-refractivity contribution < 1.29 is 9.90 Å². The molecule has 0 saturated carbocycles. The number of carbonyl (C=O) groups is 1. The van der Waals surface area contributed by atoms with E-state index in [2.05, 4.69) is 4.57 Å². The Hall–Kier alpha value is -2.98. The van der Waals surface area contributed by atoms with Crippen molar-refractivity contribution in [3.63, 3.8) is 0 Å². The van der Waals surface area contributed by atoms with Crippen molar-refractivity contribution in [2.75, 3.05) is 0 Å². The number of fused-ring (bicyclic) bond motifs is 3. The van der Waals surface area contributed by atoms with Gasteiger partial charge in [-0.05, 0) is 48.4 Å². The molecule has 0 fully saturated rings. The Bertz CT molecular complexity index is 1180. The molecule has 26 heavy (non-hydrogen) atoms. The van der Waals surface area contributed by atoms with Crippen LogP contribution in [0, 0.1) is 6.92 Å². The predicted octanol–water partition coefficient (Wildman–Crippen LogP) is 4.61. The van der Waals surface area contributed by atoms with Crippen LogP contribution in [0.2, 0.25) is 5.02 Å². The van der Waals surface area contributed by atoms with Gasteiger partial charge in [-0.1, -0.05) is 35.9 Å². The van der Waals surface area contributed by atoms with Gasteiger partial charge >= 0.3 is 0 Å². The minimum Gasteiger partial charge on any atom is -0.507 e. The van der Waals surface area contributed by atoms with Crippen LogP contribution in [0.15, 0.2) is 54.6 Å². The standard InChI is InChI=1S/C21H17ClN2O2/c1-12-9-17-20(18(25)10-12)19-14(21(23)26)6-4-8-16(19)24(17)11-13-5-2-3-7-15(13)22/h2-10,25H,11H2,1H3,(H2,23,26). The summed E-state index contributed by atoms with van der Waals surface area (Å²) in [4.78, 5) is 12.0. The van der Waals surface area contributed by atoms with Crippen molar-refractivity contribution in [1.29, 1.82) is 0 Å². The highest BCUT2D eigenvalue weighted by atomic mass is 35.5. The molecule has 1 amide bonds. The van der Waals surface area contributed by atoms with Crippen LogP contribution in [0.5, 0.6) is 5.75 Å². The van der Waals surface area contributed by atoms with Gasteiger partial charge < -0.3 is 15.4 Å². The highest BCUT2D eigenvalue weighted by Crippen LogP contribution is 2.38. The van der Waals surface area contributed by atoms with Crippen molar-refractivity contribution >= 4 is 39.3 Å². The van der Waals surface area contributed by atoms with E-state index in [0.717, 1.165) is 22.2 Å². The van der Waals surface area contributed by atoms with Crippen molar-refractivity contribution in [1.82, 2.24) is 4.57 Å². The molecule has 3 aromatic carbocycles. The summed E-state index contributed by atoms with van der Waals surface area (Å²) in [6, 6.07) is 16.7. The summed E-state index contributed by atoms with van der Waals surface area (Å²) >= 11 is 6.35.